The van der Waals surface area contributed by atoms with Gasteiger partial charge in [-0.1, -0.05) is 24.8 Å². The molecule has 1 amide bonds. The summed E-state index contributed by atoms with van der Waals surface area (Å²) in [5.74, 6) is -0.105. The summed E-state index contributed by atoms with van der Waals surface area (Å²) in [6.07, 6.45) is 0.789. The molecule has 10 heteroatoms. The third kappa shape index (κ3) is 3.65. The summed E-state index contributed by atoms with van der Waals surface area (Å²) in [5.41, 5.74) is 1.58. The summed E-state index contributed by atoms with van der Waals surface area (Å²) in [6.45, 7) is 4.20. The number of thioether (sulfide) groups is 1. The Bertz CT molecular complexity index is 1280. The largest absolute Gasteiger partial charge is 0.325 e. The average molecular weight is 432 g/mol. The first kappa shape index (κ1) is 19.6. The summed E-state index contributed by atoms with van der Waals surface area (Å²) < 4.78 is 17.7. The number of halogens is 1. The molecule has 0 bridgehead atoms. The average Bonchev–Trinajstić information content (AvgIpc) is 3.33. The summed E-state index contributed by atoms with van der Waals surface area (Å²) in [6, 6.07) is 6.42. The number of fused-ring (bicyclic) bond motifs is 3. The smallest absolute Gasteiger partial charge is 0.272 e. The quantitative estimate of drug-likeness (QED) is 0.471. The van der Waals surface area contributed by atoms with Crippen molar-refractivity contribution in [2.45, 2.75) is 32.0 Å². The normalized spacial score (nSPS) is 11.4. The van der Waals surface area contributed by atoms with E-state index in [1.807, 2.05) is 22.8 Å². The molecular weight excluding hydrogens is 413 g/mol. The van der Waals surface area contributed by atoms with Crippen LogP contribution in [-0.2, 0) is 11.3 Å². The molecule has 3 aromatic heterocycles. The number of thiophene rings is 1. The Hall–Kier alpha value is -2.72. The maximum absolute atomic E-state index is 13.7. The Kier molecular flexibility index (Phi) is 5.37. The first-order chi connectivity index (χ1) is 14.0. The molecule has 0 saturated heterocycles. The molecule has 0 saturated carbocycles. The molecule has 4 aromatic rings. The summed E-state index contributed by atoms with van der Waals surface area (Å²) >= 11 is 2.59. The predicted molar refractivity (Wildman–Crippen MR) is 113 cm³/mol. The highest BCUT2D eigenvalue weighted by molar-refractivity contribution is 7.99. The van der Waals surface area contributed by atoms with Crippen molar-refractivity contribution in [1.82, 2.24) is 19.2 Å². The fourth-order valence-corrected chi connectivity index (χ4v) is 4.58. The number of aromatic nitrogens is 4. The summed E-state index contributed by atoms with van der Waals surface area (Å²) in [7, 11) is 0. The van der Waals surface area contributed by atoms with Gasteiger partial charge in [0.05, 0.1) is 11.3 Å². The zero-order valence-corrected chi connectivity index (χ0v) is 17.4. The molecule has 1 N–H and O–H groups in total. The lowest BCUT2D eigenvalue weighted by Gasteiger charge is -2.08. The van der Waals surface area contributed by atoms with Gasteiger partial charge in [-0.3, -0.25) is 18.6 Å². The molecule has 0 aliphatic carbocycles. The number of anilines is 1. The standard InChI is InChI=1S/C19H18FN5O2S2/c1-3-7-24-17(27)16-14(6-8-28-16)25-18(24)22-23-19(25)29-10-15(26)21-12-5-4-11(2)13(20)9-12/h4-6,8-9H,3,7,10H2,1-2H3,(H,21,26). The zero-order valence-electron chi connectivity index (χ0n) is 15.8. The van der Waals surface area contributed by atoms with E-state index < -0.39 is 0 Å². The number of benzene rings is 1. The second kappa shape index (κ2) is 7.96. The summed E-state index contributed by atoms with van der Waals surface area (Å²) in [5, 5.41) is 13.4. The van der Waals surface area contributed by atoms with Crippen molar-refractivity contribution < 1.29 is 9.18 Å². The van der Waals surface area contributed by atoms with Crippen LogP contribution in [0.15, 0.2) is 39.6 Å². The number of amides is 1. The highest BCUT2D eigenvalue weighted by Gasteiger charge is 2.18. The molecule has 4 rings (SSSR count). The Morgan fingerprint density at radius 3 is 2.90 bits per heavy atom. The van der Waals surface area contributed by atoms with Crippen LogP contribution < -0.4 is 10.9 Å². The Labute approximate surface area is 173 Å². The Morgan fingerprint density at radius 2 is 2.14 bits per heavy atom. The minimum Gasteiger partial charge on any atom is -0.325 e. The number of nitrogens with one attached hydrogen (secondary N) is 1. The van der Waals surface area contributed by atoms with Gasteiger partial charge in [-0.25, -0.2) is 4.39 Å². The third-order valence-electron chi connectivity index (χ3n) is 4.42. The molecule has 0 atom stereocenters. The number of aryl methyl sites for hydroxylation is 2. The van der Waals surface area contributed by atoms with Crippen LogP contribution in [0.4, 0.5) is 10.1 Å². The van der Waals surface area contributed by atoms with Gasteiger partial charge in [0.2, 0.25) is 11.7 Å². The van der Waals surface area contributed by atoms with Gasteiger partial charge in [0, 0.05) is 12.2 Å². The van der Waals surface area contributed by atoms with E-state index in [1.54, 1.807) is 23.6 Å². The number of rotatable bonds is 6. The lowest BCUT2D eigenvalue weighted by molar-refractivity contribution is -0.113. The van der Waals surface area contributed by atoms with E-state index in [2.05, 4.69) is 15.5 Å². The van der Waals surface area contributed by atoms with Crippen LogP contribution in [0.1, 0.15) is 18.9 Å². The van der Waals surface area contributed by atoms with Gasteiger partial charge in [0.1, 0.15) is 10.5 Å². The number of carbonyl (C=O) groups excluding carboxylic acids is 1. The van der Waals surface area contributed by atoms with Gasteiger partial charge >= 0.3 is 0 Å². The topological polar surface area (TPSA) is 81.3 Å². The molecule has 29 heavy (non-hydrogen) atoms. The zero-order chi connectivity index (χ0) is 20.5. The number of hydrogen-bond donors (Lipinski definition) is 1. The number of carbonyl (C=O) groups is 1. The summed E-state index contributed by atoms with van der Waals surface area (Å²) in [4.78, 5) is 25.0. The molecule has 0 unspecified atom stereocenters. The molecule has 7 nitrogen and oxygen atoms in total. The van der Waals surface area contributed by atoms with Crippen molar-refractivity contribution in [3.63, 3.8) is 0 Å². The predicted octanol–water partition coefficient (Wildman–Crippen LogP) is 3.69. The van der Waals surface area contributed by atoms with Crippen molar-refractivity contribution in [3.8, 4) is 0 Å². The van der Waals surface area contributed by atoms with Gasteiger partial charge in [0.15, 0.2) is 5.16 Å². The van der Waals surface area contributed by atoms with Crippen LogP contribution in [-0.4, -0.2) is 30.8 Å². The second-order valence-electron chi connectivity index (χ2n) is 6.51. The van der Waals surface area contributed by atoms with Crippen molar-refractivity contribution >= 4 is 50.7 Å². The molecule has 0 aliphatic heterocycles. The van der Waals surface area contributed by atoms with E-state index in [4.69, 9.17) is 0 Å². The van der Waals surface area contributed by atoms with Crippen molar-refractivity contribution in [1.29, 1.82) is 0 Å². The molecule has 0 radical (unpaired) electrons. The Morgan fingerprint density at radius 1 is 1.31 bits per heavy atom. The SMILES string of the molecule is CCCn1c(=O)c2sccc2n2c(SCC(=O)Nc3ccc(C)c(F)c3)nnc12. The first-order valence-corrected chi connectivity index (χ1v) is 10.9. The van der Waals surface area contributed by atoms with Crippen LogP contribution >= 0.6 is 23.1 Å². The van der Waals surface area contributed by atoms with Crippen LogP contribution in [0.2, 0.25) is 0 Å². The Balaban J connectivity index is 1.61. The lowest BCUT2D eigenvalue weighted by Crippen LogP contribution is -2.22. The van der Waals surface area contributed by atoms with E-state index in [1.165, 1.54) is 29.2 Å². The minimum absolute atomic E-state index is 0.0764. The maximum atomic E-state index is 13.7. The van der Waals surface area contributed by atoms with Crippen LogP contribution in [0.25, 0.3) is 16.0 Å². The highest BCUT2D eigenvalue weighted by atomic mass is 32.2. The van der Waals surface area contributed by atoms with Gasteiger partial charge in [-0.05, 0) is 42.5 Å². The van der Waals surface area contributed by atoms with Crippen LogP contribution in [0, 0.1) is 12.7 Å². The van der Waals surface area contributed by atoms with E-state index in [0.717, 1.165) is 11.9 Å². The minimum atomic E-state index is -0.368. The fourth-order valence-electron chi connectivity index (χ4n) is 3.02. The molecule has 1 aromatic carbocycles. The number of hydrogen-bond acceptors (Lipinski definition) is 6. The monoisotopic (exact) mass is 431 g/mol. The fraction of sp³-hybridized carbons (Fsp3) is 0.263. The molecule has 150 valence electrons. The van der Waals surface area contributed by atoms with Crippen molar-refractivity contribution in [2.24, 2.45) is 0 Å². The third-order valence-corrected chi connectivity index (χ3v) is 6.24. The van der Waals surface area contributed by atoms with E-state index in [9.17, 15) is 14.0 Å². The number of nitrogens with zero attached hydrogens (tertiary/aromatic N) is 4. The second-order valence-corrected chi connectivity index (χ2v) is 8.37. The van der Waals surface area contributed by atoms with E-state index >= 15 is 0 Å². The molecule has 0 fully saturated rings. The highest BCUT2D eigenvalue weighted by Crippen LogP contribution is 2.24. The molecule has 0 aliphatic rings. The maximum Gasteiger partial charge on any atom is 0.272 e. The molecular formula is C19H18FN5O2S2. The van der Waals surface area contributed by atoms with Crippen LogP contribution in [0.5, 0.6) is 0 Å². The van der Waals surface area contributed by atoms with Gasteiger partial charge in [-0.15, -0.1) is 21.5 Å². The lowest BCUT2D eigenvalue weighted by atomic mass is 10.2. The van der Waals surface area contributed by atoms with E-state index in [-0.39, 0.29) is 23.0 Å². The van der Waals surface area contributed by atoms with Gasteiger partial charge in [0.25, 0.3) is 5.56 Å². The van der Waals surface area contributed by atoms with Gasteiger partial charge < -0.3 is 5.32 Å². The van der Waals surface area contributed by atoms with Crippen LogP contribution in [0.3, 0.4) is 0 Å². The first-order valence-electron chi connectivity index (χ1n) is 9.03. The van der Waals surface area contributed by atoms with Gasteiger partial charge in [-0.2, -0.15) is 0 Å². The van der Waals surface area contributed by atoms with Crippen molar-refractivity contribution in [2.75, 3.05) is 11.1 Å². The molecule has 3 heterocycles. The molecule has 0 spiro atoms. The van der Waals surface area contributed by atoms with Crippen molar-refractivity contribution in [3.05, 3.63) is 51.4 Å². The van der Waals surface area contributed by atoms with E-state index in [0.29, 0.717) is 33.4 Å².